The normalized spacial score (nSPS) is 17.2. The Kier molecular flexibility index (Phi) is 6.54. The topological polar surface area (TPSA) is 70.7 Å². The van der Waals surface area contributed by atoms with E-state index in [4.69, 9.17) is 17.0 Å². The second-order valence-electron chi connectivity index (χ2n) is 5.49. The predicted molar refractivity (Wildman–Crippen MR) is 96.8 cm³/mol. The Bertz CT molecular complexity index is 604. The van der Waals surface area contributed by atoms with Crippen LogP contribution in [0.25, 0.3) is 0 Å². The molecule has 1 aromatic rings. The summed E-state index contributed by atoms with van der Waals surface area (Å²) >= 11 is 5.45. The molecule has 2 N–H and O–H groups in total. The van der Waals surface area contributed by atoms with Gasteiger partial charge in [0.2, 0.25) is 5.91 Å². The number of hydrogen-bond acceptors (Lipinski definition) is 4. The van der Waals surface area contributed by atoms with E-state index in [2.05, 4.69) is 17.6 Å². The Labute approximate surface area is 147 Å². The van der Waals surface area contributed by atoms with Crippen LogP contribution in [0.3, 0.4) is 0 Å². The molecule has 1 aliphatic heterocycles. The molecule has 0 aromatic heterocycles. The number of thiocarbonyl (C=S) groups is 1. The van der Waals surface area contributed by atoms with Gasteiger partial charge in [0, 0.05) is 18.8 Å². The zero-order valence-corrected chi connectivity index (χ0v) is 14.8. The summed E-state index contributed by atoms with van der Waals surface area (Å²) in [6.07, 6.45) is 0.953. The van der Waals surface area contributed by atoms with Crippen molar-refractivity contribution in [3.05, 3.63) is 29.8 Å². The van der Waals surface area contributed by atoms with Crippen LogP contribution in [0.5, 0.6) is 0 Å². The quantitative estimate of drug-likeness (QED) is 0.623. The van der Waals surface area contributed by atoms with E-state index < -0.39 is 12.0 Å². The van der Waals surface area contributed by atoms with Gasteiger partial charge in [-0.3, -0.25) is 9.59 Å². The van der Waals surface area contributed by atoms with Gasteiger partial charge in [0.1, 0.15) is 6.04 Å². The lowest BCUT2D eigenvalue weighted by molar-refractivity contribution is -0.147. The van der Waals surface area contributed by atoms with Gasteiger partial charge in [-0.15, -0.1) is 0 Å². The van der Waals surface area contributed by atoms with Crippen LogP contribution in [0.1, 0.15) is 25.8 Å². The van der Waals surface area contributed by atoms with Crippen molar-refractivity contribution in [1.29, 1.82) is 0 Å². The van der Waals surface area contributed by atoms with Crippen LogP contribution in [0.4, 0.5) is 5.69 Å². The molecule has 1 aromatic carbocycles. The first-order valence-electron chi connectivity index (χ1n) is 8.15. The molecule has 1 aliphatic rings. The molecule has 0 aliphatic carbocycles. The van der Waals surface area contributed by atoms with Crippen molar-refractivity contribution in [3.63, 3.8) is 0 Å². The molecule has 130 valence electrons. The molecular formula is C17H23N3O3S. The van der Waals surface area contributed by atoms with Crippen molar-refractivity contribution in [2.24, 2.45) is 0 Å². The monoisotopic (exact) mass is 349 g/mol. The molecular weight excluding hydrogens is 326 g/mol. The Morgan fingerprint density at radius 3 is 2.71 bits per heavy atom. The Hall–Kier alpha value is -2.15. The summed E-state index contributed by atoms with van der Waals surface area (Å²) in [6, 6.07) is 7.33. The van der Waals surface area contributed by atoms with Gasteiger partial charge in [-0.2, -0.15) is 0 Å². The highest BCUT2D eigenvalue weighted by Gasteiger charge is 2.33. The Balaban J connectivity index is 2.05. The summed E-state index contributed by atoms with van der Waals surface area (Å²) in [4.78, 5) is 25.6. The Morgan fingerprint density at radius 1 is 1.38 bits per heavy atom. The maximum Gasteiger partial charge on any atom is 0.308 e. The van der Waals surface area contributed by atoms with Crippen LogP contribution in [-0.4, -0.2) is 47.6 Å². The minimum atomic E-state index is -0.646. The fourth-order valence-electron chi connectivity index (χ4n) is 2.56. The van der Waals surface area contributed by atoms with Crippen LogP contribution >= 0.6 is 12.2 Å². The molecule has 1 saturated heterocycles. The number of aryl methyl sites for hydroxylation is 1. The van der Waals surface area contributed by atoms with Crippen molar-refractivity contribution in [2.75, 3.05) is 25.0 Å². The number of rotatable bonds is 5. The van der Waals surface area contributed by atoms with E-state index in [0.717, 1.165) is 12.1 Å². The lowest BCUT2D eigenvalue weighted by Crippen LogP contribution is -2.58. The van der Waals surface area contributed by atoms with Crippen LogP contribution in [0.2, 0.25) is 0 Å². The first kappa shape index (κ1) is 18.2. The molecule has 24 heavy (non-hydrogen) atoms. The van der Waals surface area contributed by atoms with Crippen LogP contribution in [0.15, 0.2) is 24.3 Å². The number of carbonyl (C=O) groups is 2. The van der Waals surface area contributed by atoms with Crippen molar-refractivity contribution >= 4 is 34.9 Å². The fraction of sp³-hybridized carbons (Fsp3) is 0.471. The highest BCUT2D eigenvalue weighted by Crippen LogP contribution is 2.15. The van der Waals surface area contributed by atoms with Crippen LogP contribution in [-0.2, 0) is 20.7 Å². The Morgan fingerprint density at radius 2 is 2.08 bits per heavy atom. The SMILES string of the molecule is CCOC(=O)C[C@@H]1C(=O)NCCN1C(=S)Nc1ccc(CC)cc1. The molecule has 1 fully saturated rings. The standard InChI is InChI=1S/C17H23N3O3S/c1-3-12-5-7-13(8-6-12)19-17(24)20-10-9-18-16(22)14(20)11-15(21)23-4-2/h5-8,14H,3-4,9-11H2,1-2H3,(H,18,22)(H,19,24)/t14-/m1/s1. The first-order chi connectivity index (χ1) is 11.5. The maximum absolute atomic E-state index is 12.1. The summed E-state index contributed by atoms with van der Waals surface area (Å²) in [7, 11) is 0. The number of amides is 1. The average molecular weight is 349 g/mol. The molecule has 6 nitrogen and oxygen atoms in total. The number of benzene rings is 1. The van der Waals surface area contributed by atoms with Gasteiger partial charge in [0.25, 0.3) is 0 Å². The third-order valence-corrected chi connectivity index (χ3v) is 4.21. The van der Waals surface area contributed by atoms with Gasteiger partial charge in [-0.1, -0.05) is 19.1 Å². The number of anilines is 1. The number of piperazine rings is 1. The largest absolute Gasteiger partial charge is 0.466 e. The number of carbonyl (C=O) groups excluding carboxylic acids is 2. The summed E-state index contributed by atoms with van der Waals surface area (Å²) in [5, 5.41) is 6.35. The van der Waals surface area contributed by atoms with E-state index in [9.17, 15) is 9.59 Å². The van der Waals surface area contributed by atoms with Gasteiger partial charge in [0.05, 0.1) is 13.0 Å². The second kappa shape index (κ2) is 8.63. The van der Waals surface area contributed by atoms with Gasteiger partial charge < -0.3 is 20.3 Å². The van der Waals surface area contributed by atoms with Crippen molar-refractivity contribution < 1.29 is 14.3 Å². The molecule has 1 atom stereocenters. The highest BCUT2D eigenvalue weighted by molar-refractivity contribution is 7.80. The summed E-state index contributed by atoms with van der Waals surface area (Å²) in [5.74, 6) is -0.612. The lowest BCUT2D eigenvalue weighted by atomic mass is 10.1. The zero-order valence-electron chi connectivity index (χ0n) is 14.0. The smallest absolute Gasteiger partial charge is 0.308 e. The molecule has 0 unspecified atom stereocenters. The van der Waals surface area contributed by atoms with E-state index in [1.165, 1.54) is 5.56 Å². The van der Waals surface area contributed by atoms with Crippen LogP contribution in [0, 0.1) is 0 Å². The van der Waals surface area contributed by atoms with E-state index in [1.807, 2.05) is 24.3 Å². The van der Waals surface area contributed by atoms with E-state index >= 15 is 0 Å². The van der Waals surface area contributed by atoms with Crippen LogP contribution < -0.4 is 10.6 Å². The van der Waals surface area contributed by atoms with E-state index in [0.29, 0.717) is 24.8 Å². The lowest BCUT2D eigenvalue weighted by Gasteiger charge is -2.36. The summed E-state index contributed by atoms with van der Waals surface area (Å²) in [6.45, 7) is 5.17. The fourth-order valence-corrected chi connectivity index (χ4v) is 2.89. The minimum absolute atomic E-state index is 0.0176. The van der Waals surface area contributed by atoms with E-state index in [-0.39, 0.29) is 12.3 Å². The van der Waals surface area contributed by atoms with Crippen molar-refractivity contribution in [3.8, 4) is 0 Å². The van der Waals surface area contributed by atoms with Gasteiger partial charge in [0.15, 0.2) is 5.11 Å². The van der Waals surface area contributed by atoms with Gasteiger partial charge in [-0.05, 0) is 43.3 Å². The average Bonchev–Trinajstić information content (AvgIpc) is 2.57. The highest BCUT2D eigenvalue weighted by atomic mass is 32.1. The molecule has 2 rings (SSSR count). The maximum atomic E-state index is 12.1. The number of esters is 1. The van der Waals surface area contributed by atoms with Gasteiger partial charge >= 0.3 is 5.97 Å². The molecule has 7 heteroatoms. The number of nitrogens with one attached hydrogen (secondary N) is 2. The predicted octanol–water partition coefficient (Wildman–Crippen LogP) is 1.70. The number of nitrogens with zero attached hydrogens (tertiary/aromatic N) is 1. The third kappa shape index (κ3) is 4.67. The molecule has 0 spiro atoms. The number of ether oxygens (including phenoxy) is 1. The molecule has 0 saturated carbocycles. The number of hydrogen-bond donors (Lipinski definition) is 2. The van der Waals surface area contributed by atoms with E-state index in [1.54, 1.807) is 11.8 Å². The zero-order chi connectivity index (χ0) is 17.5. The second-order valence-corrected chi connectivity index (χ2v) is 5.88. The minimum Gasteiger partial charge on any atom is -0.466 e. The summed E-state index contributed by atoms with van der Waals surface area (Å²) < 4.78 is 4.96. The third-order valence-electron chi connectivity index (χ3n) is 3.87. The van der Waals surface area contributed by atoms with Crippen molar-refractivity contribution in [1.82, 2.24) is 10.2 Å². The first-order valence-corrected chi connectivity index (χ1v) is 8.55. The van der Waals surface area contributed by atoms with Crippen molar-refractivity contribution in [2.45, 2.75) is 32.7 Å². The van der Waals surface area contributed by atoms with Gasteiger partial charge in [-0.25, -0.2) is 0 Å². The molecule has 1 amide bonds. The molecule has 1 heterocycles. The molecule has 0 radical (unpaired) electrons. The summed E-state index contributed by atoms with van der Waals surface area (Å²) in [5.41, 5.74) is 2.10. The molecule has 0 bridgehead atoms.